The van der Waals surface area contributed by atoms with Gasteiger partial charge >= 0.3 is 0 Å². The maximum Gasteiger partial charge on any atom is 0.197 e. The summed E-state index contributed by atoms with van der Waals surface area (Å²) in [5.41, 5.74) is 4.17. The predicted molar refractivity (Wildman–Crippen MR) is 128 cm³/mol. The predicted octanol–water partition coefficient (Wildman–Crippen LogP) is 5.33. The molecule has 2 heterocycles. The minimum Gasteiger partial charge on any atom is -0.345 e. The van der Waals surface area contributed by atoms with E-state index in [1.165, 1.54) is 0 Å². The standard InChI is InChI=1S/C27H18N2O2/c1-28(17-8-3-2-4-9-17)18-14-15-24-22(16-18)27(31)21-12-7-11-20-25(21)29(24)23-13-6-5-10-19(23)26(20)30/h2-16H,1H3. The first-order valence-corrected chi connectivity index (χ1v) is 10.2. The molecule has 0 aliphatic carbocycles. The van der Waals surface area contributed by atoms with Gasteiger partial charge in [0.15, 0.2) is 10.9 Å². The van der Waals surface area contributed by atoms with E-state index >= 15 is 0 Å². The third kappa shape index (κ3) is 2.42. The highest BCUT2D eigenvalue weighted by Crippen LogP contribution is 2.30. The Morgan fingerprint density at radius 2 is 1.19 bits per heavy atom. The molecule has 0 amide bonds. The molecule has 4 heteroatoms. The van der Waals surface area contributed by atoms with E-state index in [4.69, 9.17) is 0 Å². The second kappa shape index (κ2) is 6.41. The number of nitrogens with zero attached hydrogens (tertiary/aromatic N) is 2. The minimum absolute atomic E-state index is 0.0413. The van der Waals surface area contributed by atoms with E-state index in [-0.39, 0.29) is 10.9 Å². The molecule has 0 saturated carbocycles. The summed E-state index contributed by atoms with van der Waals surface area (Å²) in [6, 6.07) is 29.0. The molecule has 0 fully saturated rings. The minimum atomic E-state index is -0.0569. The van der Waals surface area contributed by atoms with Crippen molar-refractivity contribution >= 4 is 49.5 Å². The van der Waals surface area contributed by atoms with E-state index in [1.807, 2.05) is 85.9 Å². The van der Waals surface area contributed by atoms with Crippen LogP contribution in [0, 0.1) is 0 Å². The summed E-state index contributed by atoms with van der Waals surface area (Å²) in [6.45, 7) is 0. The smallest absolute Gasteiger partial charge is 0.197 e. The van der Waals surface area contributed by atoms with Crippen LogP contribution in [0.1, 0.15) is 0 Å². The fraction of sp³-hybridized carbons (Fsp3) is 0.0370. The van der Waals surface area contributed by atoms with Crippen molar-refractivity contribution < 1.29 is 0 Å². The van der Waals surface area contributed by atoms with Crippen LogP contribution in [0.15, 0.2) is 101 Å². The molecule has 31 heavy (non-hydrogen) atoms. The zero-order valence-electron chi connectivity index (χ0n) is 16.9. The quantitative estimate of drug-likeness (QED) is 0.291. The zero-order chi connectivity index (χ0) is 21.1. The van der Waals surface area contributed by atoms with Crippen LogP contribution in [-0.4, -0.2) is 11.4 Å². The van der Waals surface area contributed by atoms with Crippen molar-refractivity contribution in [2.75, 3.05) is 11.9 Å². The molecule has 4 nitrogen and oxygen atoms in total. The molecule has 0 aliphatic rings. The number of hydrogen-bond acceptors (Lipinski definition) is 3. The Hall–Kier alpha value is -4.18. The van der Waals surface area contributed by atoms with Crippen molar-refractivity contribution in [3.05, 3.63) is 111 Å². The third-order valence-electron chi connectivity index (χ3n) is 6.13. The summed E-state index contributed by atoms with van der Waals surface area (Å²) in [5.74, 6) is 0. The van der Waals surface area contributed by atoms with Gasteiger partial charge in [0.05, 0.1) is 16.6 Å². The lowest BCUT2D eigenvalue weighted by Gasteiger charge is -2.21. The molecule has 0 bridgehead atoms. The van der Waals surface area contributed by atoms with Gasteiger partial charge in [-0.15, -0.1) is 0 Å². The molecule has 0 radical (unpaired) electrons. The number of aromatic nitrogens is 1. The van der Waals surface area contributed by atoms with Gasteiger partial charge in [-0.25, -0.2) is 0 Å². The molecule has 2 aromatic heterocycles. The first-order valence-electron chi connectivity index (χ1n) is 10.2. The fourth-order valence-electron chi connectivity index (χ4n) is 4.58. The number of pyridine rings is 2. The number of hydrogen-bond donors (Lipinski definition) is 0. The Morgan fingerprint density at radius 3 is 1.97 bits per heavy atom. The highest BCUT2D eigenvalue weighted by atomic mass is 16.1. The van der Waals surface area contributed by atoms with E-state index in [0.717, 1.165) is 22.4 Å². The summed E-state index contributed by atoms with van der Waals surface area (Å²) in [7, 11) is 1.99. The topological polar surface area (TPSA) is 41.8 Å². The van der Waals surface area contributed by atoms with E-state index in [2.05, 4.69) is 9.30 Å². The average molecular weight is 402 g/mol. The molecular weight excluding hydrogens is 384 g/mol. The Morgan fingerprint density at radius 1 is 0.581 bits per heavy atom. The second-order valence-corrected chi connectivity index (χ2v) is 7.81. The maximum absolute atomic E-state index is 13.5. The van der Waals surface area contributed by atoms with E-state index in [0.29, 0.717) is 27.1 Å². The molecule has 6 aromatic rings. The molecule has 0 aliphatic heterocycles. The molecule has 4 aromatic carbocycles. The normalized spacial score (nSPS) is 11.6. The van der Waals surface area contributed by atoms with E-state index in [1.54, 1.807) is 12.1 Å². The summed E-state index contributed by atoms with van der Waals surface area (Å²) in [4.78, 5) is 28.7. The summed E-state index contributed by atoms with van der Waals surface area (Å²) < 4.78 is 2.06. The SMILES string of the molecule is CN(c1ccccc1)c1ccc2c(c1)c(=O)c1cccc3c(=O)c4ccccc4n2c31. The van der Waals surface area contributed by atoms with Crippen molar-refractivity contribution in [2.24, 2.45) is 0 Å². The zero-order valence-corrected chi connectivity index (χ0v) is 16.9. The Kier molecular flexibility index (Phi) is 3.65. The van der Waals surface area contributed by atoms with Gasteiger partial charge in [0.2, 0.25) is 0 Å². The van der Waals surface area contributed by atoms with Crippen LogP contribution in [0.25, 0.3) is 38.1 Å². The highest BCUT2D eigenvalue weighted by Gasteiger charge is 2.17. The van der Waals surface area contributed by atoms with Crippen molar-refractivity contribution in [1.82, 2.24) is 4.40 Å². The molecule has 0 saturated heterocycles. The van der Waals surface area contributed by atoms with Gasteiger partial charge in [-0.3, -0.25) is 9.59 Å². The Bertz CT molecular complexity index is 1740. The van der Waals surface area contributed by atoms with Gasteiger partial charge in [-0.2, -0.15) is 0 Å². The van der Waals surface area contributed by atoms with Crippen molar-refractivity contribution in [3.63, 3.8) is 0 Å². The Labute approximate surface area is 177 Å². The average Bonchev–Trinajstić information content (AvgIpc) is 2.83. The van der Waals surface area contributed by atoms with Gasteiger partial charge in [-0.1, -0.05) is 36.4 Å². The lowest BCUT2D eigenvalue weighted by atomic mass is 10.0. The summed E-state index contributed by atoms with van der Waals surface area (Å²) in [6.07, 6.45) is 0. The van der Waals surface area contributed by atoms with Crippen LogP contribution in [-0.2, 0) is 0 Å². The van der Waals surface area contributed by atoms with Gasteiger partial charge in [0.1, 0.15) is 0 Å². The second-order valence-electron chi connectivity index (χ2n) is 7.81. The number of benzene rings is 4. The summed E-state index contributed by atoms with van der Waals surface area (Å²) >= 11 is 0. The maximum atomic E-state index is 13.5. The number of fused-ring (bicyclic) bond motifs is 4. The molecule has 0 atom stereocenters. The van der Waals surface area contributed by atoms with E-state index in [9.17, 15) is 9.59 Å². The molecule has 6 rings (SSSR count). The van der Waals surface area contributed by atoms with Gasteiger partial charge in [-0.05, 0) is 54.6 Å². The molecule has 0 N–H and O–H groups in total. The number of rotatable bonds is 2. The van der Waals surface area contributed by atoms with Crippen LogP contribution in [0.3, 0.4) is 0 Å². The molecule has 148 valence electrons. The van der Waals surface area contributed by atoms with Crippen LogP contribution in [0.5, 0.6) is 0 Å². The van der Waals surface area contributed by atoms with Crippen LogP contribution < -0.4 is 15.8 Å². The molecule has 0 unspecified atom stereocenters. The van der Waals surface area contributed by atoms with Gasteiger partial charge in [0, 0.05) is 40.0 Å². The number of anilines is 2. The Balaban J connectivity index is 1.79. The van der Waals surface area contributed by atoms with Gasteiger partial charge in [0.25, 0.3) is 0 Å². The molecular formula is C27H18N2O2. The lowest BCUT2D eigenvalue weighted by Crippen LogP contribution is -2.15. The monoisotopic (exact) mass is 402 g/mol. The summed E-state index contributed by atoms with van der Waals surface area (Å²) in [5, 5.41) is 2.42. The molecule has 0 spiro atoms. The van der Waals surface area contributed by atoms with Crippen LogP contribution in [0.4, 0.5) is 11.4 Å². The largest absolute Gasteiger partial charge is 0.345 e. The first kappa shape index (κ1) is 17.7. The highest BCUT2D eigenvalue weighted by molar-refractivity contribution is 6.08. The lowest BCUT2D eigenvalue weighted by molar-refractivity contribution is 1.21. The van der Waals surface area contributed by atoms with Crippen molar-refractivity contribution in [1.29, 1.82) is 0 Å². The van der Waals surface area contributed by atoms with Gasteiger partial charge < -0.3 is 9.30 Å². The van der Waals surface area contributed by atoms with E-state index < -0.39 is 0 Å². The van der Waals surface area contributed by atoms with Crippen molar-refractivity contribution in [2.45, 2.75) is 0 Å². The number of para-hydroxylation sites is 3. The third-order valence-corrected chi connectivity index (χ3v) is 6.13. The van der Waals surface area contributed by atoms with Crippen LogP contribution in [0.2, 0.25) is 0 Å². The van der Waals surface area contributed by atoms with Crippen LogP contribution >= 0.6 is 0 Å². The fourth-order valence-corrected chi connectivity index (χ4v) is 4.58. The first-order chi connectivity index (χ1) is 15.1. The van der Waals surface area contributed by atoms with Crippen molar-refractivity contribution in [3.8, 4) is 0 Å².